The van der Waals surface area contributed by atoms with Crippen molar-refractivity contribution in [2.24, 2.45) is 11.8 Å². The van der Waals surface area contributed by atoms with Crippen LogP contribution in [-0.4, -0.2) is 91.3 Å². The van der Waals surface area contributed by atoms with Gasteiger partial charge >= 0.3 is 6.18 Å². The Morgan fingerprint density at radius 1 is 1.05 bits per heavy atom. The van der Waals surface area contributed by atoms with Gasteiger partial charge in [0.1, 0.15) is 5.76 Å². The maximum Gasteiger partial charge on any atom is 0.389 e. The Balaban J connectivity index is 0.996. The first-order valence-electron chi connectivity index (χ1n) is 14.0. The summed E-state index contributed by atoms with van der Waals surface area (Å²) in [6.07, 6.45) is -0.596. The smallest absolute Gasteiger partial charge is 0.380 e. The normalized spacial score (nSPS) is 33.8. The van der Waals surface area contributed by atoms with Gasteiger partial charge in [0.25, 0.3) is 16.1 Å². The van der Waals surface area contributed by atoms with E-state index in [0.717, 1.165) is 25.7 Å². The topological polar surface area (TPSA) is 117 Å². The summed E-state index contributed by atoms with van der Waals surface area (Å²) in [7, 11) is -3.63. The third kappa shape index (κ3) is 5.72. The van der Waals surface area contributed by atoms with Crippen LogP contribution in [0.15, 0.2) is 10.6 Å². The Labute approximate surface area is 226 Å². The van der Waals surface area contributed by atoms with Crippen LogP contribution < -0.4 is 10.6 Å². The lowest BCUT2D eigenvalue weighted by Gasteiger charge is -2.40. The number of carbonyl (C=O) groups excluding carboxylic acids is 1. The Morgan fingerprint density at radius 3 is 2.31 bits per heavy atom. The lowest BCUT2D eigenvalue weighted by Crippen LogP contribution is -2.55. The van der Waals surface area contributed by atoms with Gasteiger partial charge in [-0.3, -0.25) is 4.79 Å². The molecule has 1 aromatic heterocycles. The highest BCUT2D eigenvalue weighted by atomic mass is 32.2. The second-order valence-corrected chi connectivity index (χ2v) is 13.7. The molecular formula is C25H36F3N5O5S. The van der Waals surface area contributed by atoms with E-state index in [1.54, 1.807) is 14.7 Å². The summed E-state index contributed by atoms with van der Waals surface area (Å²) >= 11 is 0. The fourth-order valence-electron chi connectivity index (χ4n) is 7.22. The van der Waals surface area contributed by atoms with Crippen LogP contribution in [0.4, 0.5) is 13.2 Å². The molecule has 5 heterocycles. The van der Waals surface area contributed by atoms with Crippen molar-refractivity contribution in [1.82, 2.24) is 24.4 Å². The van der Waals surface area contributed by atoms with Crippen molar-refractivity contribution in [2.75, 3.05) is 32.8 Å². The fraction of sp³-hybridized carbons (Fsp3) is 0.840. The highest BCUT2D eigenvalue weighted by molar-refractivity contribution is 7.86. The van der Waals surface area contributed by atoms with Crippen LogP contribution in [0.5, 0.6) is 0 Å². The summed E-state index contributed by atoms with van der Waals surface area (Å²) in [5.74, 6) is 0.937. The number of carbonyl (C=O) groups is 1. The molecule has 2 N–H and O–H groups in total. The highest BCUT2D eigenvalue weighted by Crippen LogP contribution is 2.43. The molecule has 6 atom stereocenters. The predicted octanol–water partition coefficient (Wildman–Crippen LogP) is 2.40. The Morgan fingerprint density at radius 2 is 1.72 bits per heavy atom. The molecule has 0 spiro atoms. The van der Waals surface area contributed by atoms with Gasteiger partial charge in [-0.25, -0.2) is 0 Å². The molecule has 39 heavy (non-hydrogen) atoms. The number of amides is 1. The van der Waals surface area contributed by atoms with Crippen molar-refractivity contribution >= 4 is 16.1 Å². The number of aromatic nitrogens is 1. The molecule has 1 saturated carbocycles. The van der Waals surface area contributed by atoms with Crippen molar-refractivity contribution in [3.63, 3.8) is 0 Å². The number of hydrogen-bond donors (Lipinski definition) is 2. The zero-order valence-corrected chi connectivity index (χ0v) is 22.6. The average molecular weight is 576 g/mol. The molecular weight excluding hydrogens is 539 g/mol. The summed E-state index contributed by atoms with van der Waals surface area (Å²) in [5, 5.41) is 10.2. The maximum absolute atomic E-state index is 13.7. The first-order valence-corrected chi connectivity index (χ1v) is 15.4. The van der Waals surface area contributed by atoms with Crippen molar-refractivity contribution < 1.29 is 35.6 Å². The molecule has 2 unspecified atom stereocenters. The van der Waals surface area contributed by atoms with E-state index in [1.165, 1.54) is 0 Å². The predicted molar refractivity (Wildman–Crippen MR) is 133 cm³/mol. The minimum absolute atomic E-state index is 0.0601. The van der Waals surface area contributed by atoms with Crippen LogP contribution in [0, 0.1) is 11.8 Å². The van der Waals surface area contributed by atoms with E-state index >= 15 is 0 Å². The van der Waals surface area contributed by atoms with E-state index in [-0.39, 0.29) is 59.9 Å². The number of alkyl halides is 3. The molecule has 2 bridgehead atoms. The highest BCUT2D eigenvalue weighted by Gasteiger charge is 2.52. The quantitative estimate of drug-likeness (QED) is 0.435. The van der Waals surface area contributed by atoms with Gasteiger partial charge in [0.05, 0.1) is 19.1 Å². The monoisotopic (exact) mass is 575 g/mol. The summed E-state index contributed by atoms with van der Waals surface area (Å²) in [6.45, 7) is 2.38. The van der Waals surface area contributed by atoms with E-state index in [4.69, 9.17) is 9.26 Å². The largest absolute Gasteiger partial charge is 0.389 e. The van der Waals surface area contributed by atoms with Gasteiger partial charge < -0.3 is 19.9 Å². The number of ether oxygens (including phenoxy) is 1. The second-order valence-electron chi connectivity index (χ2n) is 11.9. The Kier molecular flexibility index (Phi) is 7.45. The summed E-state index contributed by atoms with van der Waals surface area (Å²) in [4.78, 5) is 12.8. The molecule has 10 nitrogen and oxygen atoms in total. The number of nitrogens with one attached hydrogen (secondary N) is 2. The number of nitrogens with zero attached hydrogens (tertiary/aromatic N) is 3. The molecule has 4 aliphatic heterocycles. The van der Waals surface area contributed by atoms with Crippen LogP contribution in [0.2, 0.25) is 0 Å². The molecule has 1 aromatic rings. The SMILES string of the molecule is O=C(NC1C[C@H]2CC[C@@H](C1)N2S(=O)(=O)N1C[C@H]2CC(NCCCC(F)(F)F)C[C@H]2C1)c1cc(C2COC2)on1. The van der Waals surface area contributed by atoms with Gasteiger partial charge in [-0.2, -0.15) is 30.2 Å². The minimum atomic E-state index is -4.13. The van der Waals surface area contributed by atoms with Crippen LogP contribution in [0.25, 0.3) is 0 Å². The van der Waals surface area contributed by atoms with E-state index < -0.39 is 22.8 Å². The van der Waals surface area contributed by atoms with Gasteiger partial charge in [0, 0.05) is 49.7 Å². The van der Waals surface area contributed by atoms with Gasteiger partial charge in [0.2, 0.25) is 0 Å². The molecule has 4 saturated heterocycles. The zero-order chi connectivity index (χ0) is 27.4. The molecule has 1 aliphatic carbocycles. The average Bonchev–Trinajstić information content (AvgIpc) is 3.58. The lowest BCUT2D eigenvalue weighted by atomic mass is 9.99. The van der Waals surface area contributed by atoms with E-state index in [2.05, 4.69) is 15.8 Å². The first kappa shape index (κ1) is 27.4. The molecule has 1 amide bonds. The summed E-state index contributed by atoms with van der Waals surface area (Å²) in [6, 6.07) is 1.38. The van der Waals surface area contributed by atoms with Crippen molar-refractivity contribution in [2.45, 2.75) is 87.6 Å². The maximum atomic E-state index is 13.7. The zero-order valence-electron chi connectivity index (χ0n) is 21.7. The summed E-state index contributed by atoms with van der Waals surface area (Å²) < 4.78 is 78.3. The van der Waals surface area contributed by atoms with Crippen LogP contribution in [-0.2, 0) is 14.9 Å². The number of rotatable bonds is 9. The third-order valence-corrected chi connectivity index (χ3v) is 11.3. The van der Waals surface area contributed by atoms with Gasteiger partial charge in [-0.05, 0) is 63.3 Å². The molecule has 0 radical (unpaired) electrons. The van der Waals surface area contributed by atoms with Crippen LogP contribution in [0.3, 0.4) is 0 Å². The van der Waals surface area contributed by atoms with Crippen molar-refractivity contribution in [3.05, 3.63) is 17.5 Å². The van der Waals surface area contributed by atoms with Crippen molar-refractivity contribution in [3.8, 4) is 0 Å². The molecule has 5 aliphatic rings. The Hall–Kier alpha value is -1.74. The molecule has 6 rings (SSSR count). The van der Waals surface area contributed by atoms with E-state index in [1.807, 2.05) is 0 Å². The molecule has 218 valence electrons. The number of hydrogen-bond acceptors (Lipinski definition) is 7. The van der Waals surface area contributed by atoms with E-state index in [0.29, 0.717) is 51.4 Å². The fourth-order valence-corrected chi connectivity index (χ4v) is 9.38. The number of fused-ring (bicyclic) bond motifs is 3. The number of piperidine rings is 1. The van der Waals surface area contributed by atoms with Gasteiger partial charge in [-0.15, -0.1) is 0 Å². The van der Waals surface area contributed by atoms with Crippen LogP contribution >= 0.6 is 0 Å². The second kappa shape index (κ2) is 10.6. The van der Waals surface area contributed by atoms with Crippen molar-refractivity contribution in [1.29, 1.82) is 0 Å². The van der Waals surface area contributed by atoms with Gasteiger partial charge in [0.15, 0.2) is 5.69 Å². The summed E-state index contributed by atoms with van der Waals surface area (Å²) in [5.41, 5.74) is 0.232. The number of halogens is 3. The first-order chi connectivity index (χ1) is 18.6. The molecule has 5 fully saturated rings. The van der Waals surface area contributed by atoms with E-state index in [9.17, 15) is 26.4 Å². The standard InChI is InChI=1S/C25H36F3N5O5S/c26-25(27,28)4-1-5-29-18-6-15-11-32(12-16(15)7-18)39(35,36)33-20-2-3-21(33)9-19(8-20)30-24(34)22-10-23(38-31-22)17-13-37-14-17/h10,15-21,29H,1-9,11-14H2,(H,30,34)/t15-,16+,18?,19?,20-,21+. The third-order valence-electron chi connectivity index (χ3n) is 9.18. The van der Waals surface area contributed by atoms with Gasteiger partial charge in [-0.1, -0.05) is 5.16 Å². The lowest BCUT2D eigenvalue weighted by molar-refractivity contribution is -0.135. The Bertz CT molecular complexity index is 1130. The molecule has 14 heteroatoms. The molecule has 0 aromatic carbocycles. The van der Waals surface area contributed by atoms with Crippen LogP contribution in [0.1, 0.15) is 73.5 Å². The minimum Gasteiger partial charge on any atom is -0.380 e.